The number of anilines is 1. The Morgan fingerprint density at radius 1 is 1.15 bits per heavy atom. The summed E-state index contributed by atoms with van der Waals surface area (Å²) in [5.41, 5.74) is 2.66. The third-order valence-corrected chi connectivity index (χ3v) is 5.21. The largest absolute Gasteiger partial charge is 0.370 e. The van der Waals surface area contributed by atoms with E-state index >= 15 is 0 Å². The highest BCUT2D eigenvalue weighted by molar-refractivity contribution is 5.85. The Balaban J connectivity index is 1.56. The van der Waals surface area contributed by atoms with Crippen LogP contribution >= 0.6 is 0 Å². The second-order valence-corrected chi connectivity index (χ2v) is 7.09. The van der Waals surface area contributed by atoms with E-state index in [9.17, 15) is 4.79 Å². The quantitative estimate of drug-likeness (QED) is 0.784. The summed E-state index contributed by atoms with van der Waals surface area (Å²) in [6.07, 6.45) is 7.34. The van der Waals surface area contributed by atoms with E-state index in [-0.39, 0.29) is 5.91 Å². The van der Waals surface area contributed by atoms with Gasteiger partial charge in [-0.2, -0.15) is 0 Å². The van der Waals surface area contributed by atoms with Crippen LogP contribution < -0.4 is 4.90 Å². The van der Waals surface area contributed by atoms with Gasteiger partial charge in [-0.05, 0) is 38.4 Å². The number of fused-ring (bicyclic) bond motifs is 1. The maximum absolute atomic E-state index is 12.3. The summed E-state index contributed by atoms with van der Waals surface area (Å²) in [7, 11) is 3.90. The van der Waals surface area contributed by atoms with Gasteiger partial charge in [0, 0.05) is 45.3 Å². The molecular formula is C19H28N6O. The summed E-state index contributed by atoms with van der Waals surface area (Å²) in [5, 5.41) is 0. The van der Waals surface area contributed by atoms with Crippen molar-refractivity contribution >= 4 is 22.8 Å². The number of nitrogens with zero attached hydrogens (tertiary/aromatic N) is 6. The SMILES string of the molecule is CCN(C)CC(=O)N(C)CC1CCN(c2ccnc3nccnc23)CC1. The molecule has 7 nitrogen and oxygen atoms in total. The Bertz CT molecular complexity index is 738. The van der Waals surface area contributed by atoms with Gasteiger partial charge >= 0.3 is 0 Å². The molecule has 0 radical (unpaired) electrons. The fourth-order valence-corrected chi connectivity index (χ4v) is 3.43. The van der Waals surface area contributed by atoms with Gasteiger partial charge in [-0.1, -0.05) is 6.92 Å². The van der Waals surface area contributed by atoms with E-state index < -0.39 is 0 Å². The molecule has 1 saturated heterocycles. The molecule has 0 unspecified atom stereocenters. The molecule has 0 saturated carbocycles. The van der Waals surface area contributed by atoms with Crippen molar-refractivity contribution in [3.8, 4) is 0 Å². The van der Waals surface area contributed by atoms with Gasteiger partial charge in [0.1, 0.15) is 5.52 Å². The zero-order valence-corrected chi connectivity index (χ0v) is 15.9. The first-order valence-corrected chi connectivity index (χ1v) is 9.31. The second kappa shape index (κ2) is 8.40. The molecule has 0 aliphatic carbocycles. The number of hydrogen-bond acceptors (Lipinski definition) is 6. The molecule has 0 aromatic carbocycles. The van der Waals surface area contributed by atoms with Crippen molar-refractivity contribution in [2.75, 3.05) is 51.7 Å². The summed E-state index contributed by atoms with van der Waals surface area (Å²) in [6, 6.07) is 2.02. The van der Waals surface area contributed by atoms with Gasteiger partial charge < -0.3 is 9.80 Å². The number of carbonyl (C=O) groups is 1. The molecule has 0 bridgehead atoms. The van der Waals surface area contributed by atoms with Crippen molar-refractivity contribution in [2.45, 2.75) is 19.8 Å². The van der Waals surface area contributed by atoms with Crippen molar-refractivity contribution in [1.82, 2.24) is 24.8 Å². The maximum atomic E-state index is 12.3. The first kappa shape index (κ1) is 18.5. The highest BCUT2D eigenvalue weighted by atomic mass is 16.2. The molecule has 0 atom stereocenters. The molecule has 1 aliphatic rings. The van der Waals surface area contributed by atoms with Gasteiger partial charge in [0.05, 0.1) is 12.2 Å². The predicted octanol–water partition coefficient (Wildman–Crippen LogP) is 1.65. The minimum atomic E-state index is 0.201. The molecule has 2 aromatic heterocycles. The number of hydrogen-bond donors (Lipinski definition) is 0. The van der Waals surface area contributed by atoms with Crippen LogP contribution in [-0.2, 0) is 4.79 Å². The Labute approximate surface area is 155 Å². The lowest BCUT2D eigenvalue weighted by atomic mass is 9.96. The molecule has 26 heavy (non-hydrogen) atoms. The topological polar surface area (TPSA) is 65.5 Å². The van der Waals surface area contributed by atoms with Gasteiger partial charge in [-0.25, -0.2) is 15.0 Å². The summed E-state index contributed by atoms with van der Waals surface area (Å²) in [6.45, 7) is 6.22. The molecule has 140 valence electrons. The summed E-state index contributed by atoms with van der Waals surface area (Å²) < 4.78 is 0. The second-order valence-electron chi connectivity index (χ2n) is 7.09. The molecule has 7 heteroatoms. The Morgan fingerprint density at radius 3 is 2.58 bits per heavy atom. The zero-order valence-electron chi connectivity index (χ0n) is 15.9. The van der Waals surface area contributed by atoms with E-state index in [1.54, 1.807) is 18.6 Å². The zero-order chi connectivity index (χ0) is 18.5. The maximum Gasteiger partial charge on any atom is 0.236 e. The van der Waals surface area contributed by atoms with E-state index in [1.165, 1.54) is 0 Å². The molecule has 3 rings (SSSR count). The van der Waals surface area contributed by atoms with Gasteiger partial charge in [0.2, 0.25) is 5.91 Å². The van der Waals surface area contributed by atoms with Crippen molar-refractivity contribution in [3.05, 3.63) is 24.7 Å². The average molecular weight is 356 g/mol. The van der Waals surface area contributed by atoms with Gasteiger partial charge in [0.25, 0.3) is 0 Å². The number of likely N-dealkylation sites (N-methyl/N-ethyl adjacent to an activating group) is 2. The first-order valence-electron chi connectivity index (χ1n) is 9.31. The molecule has 1 fully saturated rings. The lowest BCUT2D eigenvalue weighted by Gasteiger charge is -2.35. The minimum Gasteiger partial charge on any atom is -0.370 e. The smallest absolute Gasteiger partial charge is 0.236 e. The highest BCUT2D eigenvalue weighted by Gasteiger charge is 2.23. The Morgan fingerprint density at radius 2 is 1.85 bits per heavy atom. The van der Waals surface area contributed by atoms with E-state index in [1.807, 2.05) is 30.0 Å². The molecule has 3 heterocycles. The van der Waals surface area contributed by atoms with Crippen LogP contribution in [0.5, 0.6) is 0 Å². The summed E-state index contributed by atoms with van der Waals surface area (Å²) in [4.78, 5) is 31.6. The van der Waals surface area contributed by atoms with E-state index in [4.69, 9.17) is 0 Å². The minimum absolute atomic E-state index is 0.201. The van der Waals surface area contributed by atoms with Crippen molar-refractivity contribution in [3.63, 3.8) is 0 Å². The average Bonchev–Trinajstić information content (AvgIpc) is 2.68. The number of amides is 1. The number of carbonyl (C=O) groups excluding carboxylic acids is 1. The first-order chi connectivity index (χ1) is 12.6. The molecular weight excluding hydrogens is 328 g/mol. The van der Waals surface area contributed by atoms with Crippen LogP contribution in [0.1, 0.15) is 19.8 Å². The van der Waals surface area contributed by atoms with Crippen molar-refractivity contribution in [1.29, 1.82) is 0 Å². The number of rotatable bonds is 6. The number of aromatic nitrogens is 3. The van der Waals surface area contributed by atoms with Crippen molar-refractivity contribution in [2.24, 2.45) is 5.92 Å². The number of piperidine rings is 1. The Hall–Kier alpha value is -2.28. The van der Waals surface area contributed by atoms with Crippen LogP contribution in [0.2, 0.25) is 0 Å². The molecule has 2 aromatic rings. The van der Waals surface area contributed by atoms with Crippen LogP contribution in [0.4, 0.5) is 5.69 Å². The van der Waals surface area contributed by atoms with E-state index in [2.05, 4.69) is 26.8 Å². The van der Waals surface area contributed by atoms with Gasteiger partial charge in [0.15, 0.2) is 5.65 Å². The fraction of sp³-hybridized carbons (Fsp3) is 0.579. The lowest BCUT2D eigenvalue weighted by molar-refractivity contribution is -0.131. The third kappa shape index (κ3) is 4.27. The predicted molar refractivity (Wildman–Crippen MR) is 103 cm³/mol. The molecule has 0 spiro atoms. The molecule has 1 amide bonds. The number of pyridine rings is 1. The fourth-order valence-electron chi connectivity index (χ4n) is 3.43. The normalized spacial score (nSPS) is 15.6. The highest BCUT2D eigenvalue weighted by Crippen LogP contribution is 2.27. The van der Waals surface area contributed by atoms with E-state index in [0.29, 0.717) is 18.1 Å². The monoisotopic (exact) mass is 356 g/mol. The van der Waals surface area contributed by atoms with Crippen LogP contribution in [0, 0.1) is 5.92 Å². The lowest BCUT2D eigenvalue weighted by Crippen LogP contribution is -2.42. The van der Waals surface area contributed by atoms with Crippen LogP contribution in [0.15, 0.2) is 24.7 Å². The van der Waals surface area contributed by atoms with E-state index in [0.717, 1.165) is 50.2 Å². The molecule has 0 N–H and O–H groups in total. The van der Waals surface area contributed by atoms with Crippen LogP contribution in [0.25, 0.3) is 11.2 Å². The van der Waals surface area contributed by atoms with Crippen LogP contribution in [0.3, 0.4) is 0 Å². The summed E-state index contributed by atoms with van der Waals surface area (Å²) >= 11 is 0. The van der Waals surface area contributed by atoms with Crippen molar-refractivity contribution < 1.29 is 4.79 Å². The standard InChI is InChI=1S/C19H28N6O/c1-4-23(2)14-17(26)24(3)13-15-6-11-25(12-7-15)16-5-8-21-19-18(16)20-9-10-22-19/h5,8-10,15H,4,6-7,11-14H2,1-3H3. The Kier molecular flexibility index (Phi) is 5.98. The van der Waals surface area contributed by atoms with Gasteiger partial charge in [-0.15, -0.1) is 0 Å². The van der Waals surface area contributed by atoms with Crippen LogP contribution in [-0.4, -0.2) is 77.5 Å². The van der Waals surface area contributed by atoms with Gasteiger partial charge in [-0.3, -0.25) is 9.69 Å². The summed E-state index contributed by atoms with van der Waals surface area (Å²) in [5.74, 6) is 0.749. The third-order valence-electron chi connectivity index (χ3n) is 5.21. The molecule has 1 aliphatic heterocycles.